The zero-order chi connectivity index (χ0) is 11.7. The first-order chi connectivity index (χ1) is 8.38. The second kappa shape index (κ2) is 3.86. The molecule has 0 aromatic carbocycles. The first kappa shape index (κ1) is 9.77. The number of nitrogens with zero attached hydrogens (tertiary/aromatic N) is 4. The molecule has 5 nitrogen and oxygen atoms in total. The molecule has 84 valence electrons. The van der Waals surface area contributed by atoms with Crippen LogP contribution in [0.25, 0.3) is 16.9 Å². The molecule has 3 aromatic heterocycles. The Labute approximate surface area is 97.7 Å². The lowest BCUT2D eigenvalue weighted by Crippen LogP contribution is -1.90. The average Bonchev–Trinajstić information content (AvgIpc) is 2.83. The van der Waals surface area contributed by atoms with E-state index in [2.05, 4.69) is 15.0 Å². The Hall–Kier alpha value is -2.43. The van der Waals surface area contributed by atoms with Crippen molar-refractivity contribution < 1.29 is 4.74 Å². The number of hydrogen-bond donors (Lipinski definition) is 0. The fraction of sp³-hybridized carbons (Fsp3) is 0.0833. The lowest BCUT2D eigenvalue weighted by Gasteiger charge is -2.02. The minimum atomic E-state index is 0.601. The van der Waals surface area contributed by atoms with Gasteiger partial charge in [0.1, 0.15) is 0 Å². The van der Waals surface area contributed by atoms with E-state index in [9.17, 15) is 0 Å². The fourth-order valence-corrected chi connectivity index (χ4v) is 1.71. The van der Waals surface area contributed by atoms with Crippen LogP contribution in [0.1, 0.15) is 0 Å². The summed E-state index contributed by atoms with van der Waals surface area (Å²) in [7, 11) is 1.60. The maximum Gasteiger partial charge on any atom is 0.212 e. The van der Waals surface area contributed by atoms with Gasteiger partial charge in [-0.3, -0.25) is 9.38 Å². The van der Waals surface area contributed by atoms with Crippen molar-refractivity contribution in [2.45, 2.75) is 0 Å². The minimum Gasteiger partial charge on any atom is -0.481 e. The third-order valence-electron chi connectivity index (χ3n) is 2.56. The van der Waals surface area contributed by atoms with Gasteiger partial charge in [-0.15, -0.1) is 0 Å². The van der Waals surface area contributed by atoms with Crippen molar-refractivity contribution in [1.29, 1.82) is 0 Å². The summed E-state index contributed by atoms with van der Waals surface area (Å²) < 4.78 is 7.00. The Balaban J connectivity index is 2.13. The van der Waals surface area contributed by atoms with Crippen LogP contribution in [0.3, 0.4) is 0 Å². The Morgan fingerprint density at radius 1 is 1.12 bits per heavy atom. The molecule has 3 heterocycles. The molecular weight excluding hydrogens is 216 g/mol. The van der Waals surface area contributed by atoms with Crippen molar-refractivity contribution in [2.75, 3.05) is 7.11 Å². The summed E-state index contributed by atoms with van der Waals surface area (Å²) in [5.41, 5.74) is 2.79. The maximum absolute atomic E-state index is 5.03. The molecule has 0 amide bonds. The Morgan fingerprint density at radius 3 is 2.82 bits per heavy atom. The lowest BCUT2D eigenvalue weighted by molar-refractivity contribution is 0.398. The molecule has 0 aliphatic carbocycles. The molecule has 0 radical (unpaired) electrons. The lowest BCUT2D eigenvalue weighted by atomic mass is 10.2. The van der Waals surface area contributed by atoms with Crippen LogP contribution in [0.2, 0.25) is 0 Å². The van der Waals surface area contributed by atoms with Gasteiger partial charge in [0.05, 0.1) is 25.2 Å². The van der Waals surface area contributed by atoms with Gasteiger partial charge in [0.25, 0.3) is 0 Å². The van der Waals surface area contributed by atoms with E-state index in [-0.39, 0.29) is 0 Å². The van der Waals surface area contributed by atoms with Gasteiger partial charge >= 0.3 is 0 Å². The minimum absolute atomic E-state index is 0.601. The number of methoxy groups -OCH3 is 1. The molecule has 0 fully saturated rings. The summed E-state index contributed by atoms with van der Waals surface area (Å²) in [6.45, 7) is 0. The highest BCUT2D eigenvalue weighted by Gasteiger charge is 2.05. The molecule has 0 saturated heterocycles. The third kappa shape index (κ3) is 1.61. The molecule has 0 atom stereocenters. The largest absolute Gasteiger partial charge is 0.481 e. The van der Waals surface area contributed by atoms with Crippen LogP contribution in [0.5, 0.6) is 5.88 Å². The second-order valence-corrected chi connectivity index (χ2v) is 3.54. The van der Waals surface area contributed by atoms with Crippen LogP contribution in [0.4, 0.5) is 0 Å². The Kier molecular flexibility index (Phi) is 2.22. The monoisotopic (exact) mass is 226 g/mol. The number of ether oxygens (including phenoxy) is 1. The zero-order valence-electron chi connectivity index (χ0n) is 9.24. The Morgan fingerprint density at radius 2 is 2.06 bits per heavy atom. The summed E-state index contributed by atoms with van der Waals surface area (Å²) in [4.78, 5) is 12.5. The number of aromatic nitrogens is 4. The van der Waals surface area contributed by atoms with Gasteiger partial charge in [-0.2, -0.15) is 0 Å². The number of hydrogen-bond acceptors (Lipinski definition) is 4. The van der Waals surface area contributed by atoms with Crippen LogP contribution in [-0.4, -0.2) is 26.5 Å². The SMILES string of the molecule is COc1ccc(-c2cnc3cnccn23)cn1. The van der Waals surface area contributed by atoms with Crippen molar-refractivity contribution in [2.24, 2.45) is 0 Å². The van der Waals surface area contributed by atoms with Crippen LogP contribution < -0.4 is 4.74 Å². The van der Waals surface area contributed by atoms with Crippen molar-refractivity contribution >= 4 is 5.65 Å². The predicted molar refractivity (Wildman–Crippen MR) is 62.8 cm³/mol. The summed E-state index contributed by atoms with van der Waals surface area (Å²) in [5.74, 6) is 0.601. The molecule has 0 aliphatic heterocycles. The average molecular weight is 226 g/mol. The fourth-order valence-electron chi connectivity index (χ4n) is 1.71. The second-order valence-electron chi connectivity index (χ2n) is 3.54. The molecule has 0 saturated carbocycles. The summed E-state index contributed by atoms with van der Waals surface area (Å²) >= 11 is 0. The van der Waals surface area contributed by atoms with Gasteiger partial charge in [-0.25, -0.2) is 9.97 Å². The van der Waals surface area contributed by atoms with Crippen LogP contribution >= 0.6 is 0 Å². The van der Waals surface area contributed by atoms with E-state index in [1.165, 1.54) is 0 Å². The number of pyridine rings is 1. The summed E-state index contributed by atoms with van der Waals surface area (Å²) in [6, 6.07) is 3.78. The first-order valence-corrected chi connectivity index (χ1v) is 5.16. The predicted octanol–water partition coefficient (Wildman–Crippen LogP) is 1.80. The molecule has 3 aromatic rings. The van der Waals surface area contributed by atoms with E-state index in [1.807, 2.05) is 22.7 Å². The smallest absolute Gasteiger partial charge is 0.212 e. The third-order valence-corrected chi connectivity index (χ3v) is 2.56. The molecular formula is C12H10N4O. The van der Waals surface area contributed by atoms with Gasteiger partial charge in [0.15, 0.2) is 5.65 Å². The van der Waals surface area contributed by atoms with Crippen LogP contribution in [0, 0.1) is 0 Å². The van der Waals surface area contributed by atoms with Gasteiger partial charge in [-0.05, 0) is 6.07 Å². The van der Waals surface area contributed by atoms with E-state index in [0.717, 1.165) is 16.9 Å². The van der Waals surface area contributed by atoms with Crippen LogP contribution in [-0.2, 0) is 0 Å². The van der Waals surface area contributed by atoms with Crippen molar-refractivity contribution in [3.63, 3.8) is 0 Å². The standard InChI is InChI=1S/C12H10N4O/c1-17-12-3-2-9(6-15-12)10-7-14-11-8-13-4-5-16(10)11/h2-8H,1H3. The topological polar surface area (TPSA) is 52.3 Å². The van der Waals surface area contributed by atoms with Gasteiger partial charge < -0.3 is 4.74 Å². The quantitative estimate of drug-likeness (QED) is 0.668. The van der Waals surface area contributed by atoms with Gasteiger partial charge in [-0.1, -0.05) is 0 Å². The highest BCUT2D eigenvalue weighted by Crippen LogP contribution is 2.20. The Bertz CT molecular complexity index is 645. The molecule has 0 bridgehead atoms. The van der Waals surface area contributed by atoms with E-state index in [0.29, 0.717) is 5.88 Å². The van der Waals surface area contributed by atoms with E-state index < -0.39 is 0 Å². The van der Waals surface area contributed by atoms with Crippen molar-refractivity contribution in [3.8, 4) is 17.1 Å². The molecule has 0 aliphatic rings. The molecule has 3 rings (SSSR count). The molecule has 0 unspecified atom stereocenters. The van der Waals surface area contributed by atoms with E-state index in [1.54, 1.807) is 31.9 Å². The van der Waals surface area contributed by atoms with Crippen molar-refractivity contribution in [1.82, 2.24) is 19.4 Å². The molecule has 5 heteroatoms. The highest BCUT2D eigenvalue weighted by atomic mass is 16.5. The summed E-state index contributed by atoms with van der Waals surface area (Å²) in [5, 5.41) is 0. The normalized spacial score (nSPS) is 10.6. The van der Waals surface area contributed by atoms with E-state index in [4.69, 9.17) is 4.74 Å². The van der Waals surface area contributed by atoms with Gasteiger partial charge in [0.2, 0.25) is 5.88 Å². The van der Waals surface area contributed by atoms with E-state index >= 15 is 0 Å². The van der Waals surface area contributed by atoms with Crippen LogP contribution in [0.15, 0.2) is 43.1 Å². The molecule has 0 spiro atoms. The highest BCUT2D eigenvalue weighted by molar-refractivity contribution is 5.62. The first-order valence-electron chi connectivity index (χ1n) is 5.16. The number of rotatable bonds is 2. The number of imidazole rings is 1. The summed E-state index contributed by atoms with van der Waals surface area (Å²) in [6.07, 6.45) is 8.90. The molecule has 17 heavy (non-hydrogen) atoms. The van der Waals surface area contributed by atoms with Gasteiger partial charge in [0, 0.05) is 30.2 Å². The molecule has 0 N–H and O–H groups in total. The zero-order valence-corrected chi connectivity index (χ0v) is 9.24. The van der Waals surface area contributed by atoms with Crippen molar-refractivity contribution in [3.05, 3.63) is 43.1 Å². The number of fused-ring (bicyclic) bond motifs is 1. The maximum atomic E-state index is 5.03.